The molecule has 1 saturated heterocycles. The summed E-state index contributed by atoms with van der Waals surface area (Å²) in [5, 5.41) is 9.00. The average molecular weight is 247 g/mol. The summed E-state index contributed by atoms with van der Waals surface area (Å²) >= 11 is 0. The second kappa shape index (κ2) is 6.01. The first-order chi connectivity index (χ1) is 8.70. The van der Waals surface area contributed by atoms with Crippen molar-refractivity contribution in [3.05, 3.63) is 35.4 Å². The third-order valence-electron chi connectivity index (χ3n) is 3.78. The van der Waals surface area contributed by atoms with Gasteiger partial charge in [-0.3, -0.25) is 4.90 Å². The normalized spacial score (nSPS) is 20.8. The fraction of sp³-hybridized carbons (Fsp3) is 0.533. The van der Waals surface area contributed by atoms with Crippen molar-refractivity contribution in [2.75, 3.05) is 6.54 Å². The smallest absolute Gasteiger partial charge is 0.335 e. The number of piperidine rings is 1. The van der Waals surface area contributed by atoms with E-state index in [9.17, 15) is 4.79 Å². The first-order valence-electron chi connectivity index (χ1n) is 6.77. The van der Waals surface area contributed by atoms with E-state index >= 15 is 0 Å². The maximum absolute atomic E-state index is 11.0. The number of nitrogens with zero attached hydrogens (tertiary/aromatic N) is 1. The molecule has 3 heteroatoms. The Kier molecular flexibility index (Phi) is 4.37. The van der Waals surface area contributed by atoms with Gasteiger partial charge in [-0.1, -0.05) is 25.5 Å². The van der Waals surface area contributed by atoms with Crippen LogP contribution in [0.4, 0.5) is 0 Å². The zero-order valence-electron chi connectivity index (χ0n) is 10.9. The van der Waals surface area contributed by atoms with Crippen LogP contribution in [0.1, 0.15) is 48.5 Å². The second-order valence-electron chi connectivity index (χ2n) is 5.03. The highest BCUT2D eigenvalue weighted by Crippen LogP contribution is 2.21. The van der Waals surface area contributed by atoms with E-state index in [1.54, 1.807) is 12.1 Å². The first kappa shape index (κ1) is 13.1. The Morgan fingerprint density at radius 3 is 3.00 bits per heavy atom. The van der Waals surface area contributed by atoms with Gasteiger partial charge in [-0.05, 0) is 43.5 Å². The molecule has 3 nitrogen and oxygen atoms in total. The van der Waals surface area contributed by atoms with Gasteiger partial charge in [-0.25, -0.2) is 4.79 Å². The van der Waals surface area contributed by atoms with Crippen molar-refractivity contribution in [2.24, 2.45) is 0 Å². The van der Waals surface area contributed by atoms with Crippen LogP contribution in [-0.2, 0) is 6.54 Å². The number of carboxylic acids is 1. The van der Waals surface area contributed by atoms with Crippen LogP contribution in [-0.4, -0.2) is 28.6 Å². The molecule has 1 aromatic carbocycles. The highest BCUT2D eigenvalue weighted by molar-refractivity contribution is 5.87. The second-order valence-corrected chi connectivity index (χ2v) is 5.03. The van der Waals surface area contributed by atoms with Crippen LogP contribution in [0.3, 0.4) is 0 Å². The van der Waals surface area contributed by atoms with Crippen molar-refractivity contribution < 1.29 is 9.90 Å². The van der Waals surface area contributed by atoms with E-state index in [1.165, 1.54) is 25.7 Å². The highest BCUT2D eigenvalue weighted by atomic mass is 16.4. The van der Waals surface area contributed by atoms with Gasteiger partial charge in [0.05, 0.1) is 5.56 Å². The van der Waals surface area contributed by atoms with Crippen LogP contribution in [0, 0.1) is 0 Å². The molecule has 0 bridgehead atoms. The van der Waals surface area contributed by atoms with Gasteiger partial charge >= 0.3 is 5.97 Å². The molecular weight excluding hydrogens is 226 g/mol. The fourth-order valence-electron chi connectivity index (χ4n) is 2.77. The zero-order valence-corrected chi connectivity index (χ0v) is 10.9. The fourth-order valence-corrected chi connectivity index (χ4v) is 2.77. The Morgan fingerprint density at radius 1 is 1.44 bits per heavy atom. The lowest BCUT2D eigenvalue weighted by atomic mass is 9.99. The summed E-state index contributed by atoms with van der Waals surface area (Å²) in [4.78, 5) is 13.4. The van der Waals surface area contributed by atoms with Crippen molar-refractivity contribution in [3.8, 4) is 0 Å². The Bertz CT molecular complexity index is 417. The minimum absolute atomic E-state index is 0.387. The number of benzene rings is 1. The molecular formula is C15H21NO2. The molecule has 1 N–H and O–H groups in total. The molecule has 0 aliphatic carbocycles. The summed E-state index contributed by atoms with van der Waals surface area (Å²) in [6.07, 6.45) is 5.03. The molecule has 2 rings (SSSR count). The quantitative estimate of drug-likeness (QED) is 0.888. The molecule has 18 heavy (non-hydrogen) atoms. The maximum atomic E-state index is 11.0. The lowest BCUT2D eigenvalue weighted by Gasteiger charge is -2.35. The number of rotatable bonds is 4. The minimum atomic E-state index is -0.845. The summed E-state index contributed by atoms with van der Waals surface area (Å²) in [7, 11) is 0. The summed E-state index contributed by atoms with van der Waals surface area (Å²) in [6.45, 7) is 4.24. The Morgan fingerprint density at radius 2 is 2.28 bits per heavy atom. The van der Waals surface area contributed by atoms with Gasteiger partial charge in [-0.15, -0.1) is 0 Å². The summed E-state index contributed by atoms with van der Waals surface area (Å²) in [5.41, 5.74) is 1.49. The van der Waals surface area contributed by atoms with Gasteiger partial charge in [0.1, 0.15) is 0 Å². The molecule has 1 aromatic rings. The van der Waals surface area contributed by atoms with Gasteiger partial charge in [0, 0.05) is 12.6 Å². The predicted octanol–water partition coefficient (Wildman–Crippen LogP) is 3.15. The lowest BCUT2D eigenvalue weighted by molar-refractivity contribution is 0.0696. The molecule has 0 spiro atoms. The molecule has 1 atom stereocenters. The molecule has 0 radical (unpaired) electrons. The Balaban J connectivity index is 2.07. The molecule has 1 fully saturated rings. The highest BCUT2D eigenvalue weighted by Gasteiger charge is 2.20. The van der Waals surface area contributed by atoms with Crippen molar-refractivity contribution in [1.82, 2.24) is 4.90 Å². The maximum Gasteiger partial charge on any atom is 0.335 e. The van der Waals surface area contributed by atoms with Crippen molar-refractivity contribution in [2.45, 2.75) is 45.2 Å². The molecule has 0 amide bonds. The molecule has 1 aliphatic heterocycles. The molecule has 0 aromatic heterocycles. The van der Waals surface area contributed by atoms with E-state index in [0.29, 0.717) is 11.6 Å². The van der Waals surface area contributed by atoms with Crippen molar-refractivity contribution >= 4 is 5.97 Å². The number of hydrogen-bond acceptors (Lipinski definition) is 2. The van der Waals surface area contributed by atoms with E-state index in [-0.39, 0.29) is 0 Å². The predicted molar refractivity (Wildman–Crippen MR) is 71.7 cm³/mol. The summed E-state index contributed by atoms with van der Waals surface area (Å²) in [5.74, 6) is -0.845. The third kappa shape index (κ3) is 3.10. The van der Waals surface area contributed by atoms with E-state index in [0.717, 1.165) is 18.7 Å². The molecule has 1 heterocycles. The number of likely N-dealkylation sites (tertiary alicyclic amines) is 1. The SMILES string of the molecule is CC[C@@H]1CCCCN1Cc1cccc(C(=O)O)c1. The minimum Gasteiger partial charge on any atom is -0.478 e. The number of carboxylic acid groups (broad SMARTS) is 1. The molecule has 98 valence electrons. The average Bonchev–Trinajstić information content (AvgIpc) is 2.39. The molecule has 0 unspecified atom stereocenters. The van der Waals surface area contributed by atoms with Gasteiger partial charge in [0.25, 0.3) is 0 Å². The first-order valence-corrected chi connectivity index (χ1v) is 6.77. The standard InChI is InChI=1S/C15H21NO2/c1-2-14-8-3-4-9-16(14)11-12-6-5-7-13(10-12)15(17)18/h5-7,10,14H,2-4,8-9,11H2,1H3,(H,17,18)/t14-/m1/s1. The van der Waals surface area contributed by atoms with Crippen molar-refractivity contribution in [1.29, 1.82) is 0 Å². The number of aromatic carboxylic acids is 1. The van der Waals surface area contributed by atoms with Gasteiger partial charge < -0.3 is 5.11 Å². The topological polar surface area (TPSA) is 40.5 Å². The van der Waals surface area contributed by atoms with E-state index < -0.39 is 5.97 Å². The van der Waals surface area contributed by atoms with Crippen LogP contribution in [0.5, 0.6) is 0 Å². The molecule has 0 saturated carbocycles. The van der Waals surface area contributed by atoms with Crippen LogP contribution >= 0.6 is 0 Å². The van der Waals surface area contributed by atoms with Crippen LogP contribution in [0.2, 0.25) is 0 Å². The van der Waals surface area contributed by atoms with E-state index in [2.05, 4.69) is 11.8 Å². The van der Waals surface area contributed by atoms with Crippen LogP contribution in [0.15, 0.2) is 24.3 Å². The van der Waals surface area contributed by atoms with E-state index in [4.69, 9.17) is 5.11 Å². The lowest BCUT2D eigenvalue weighted by Crippen LogP contribution is -2.38. The van der Waals surface area contributed by atoms with Gasteiger partial charge in [-0.2, -0.15) is 0 Å². The summed E-state index contributed by atoms with van der Waals surface area (Å²) < 4.78 is 0. The monoisotopic (exact) mass is 247 g/mol. The zero-order chi connectivity index (χ0) is 13.0. The molecule has 1 aliphatic rings. The van der Waals surface area contributed by atoms with Crippen LogP contribution in [0.25, 0.3) is 0 Å². The number of hydrogen-bond donors (Lipinski definition) is 1. The van der Waals surface area contributed by atoms with Crippen molar-refractivity contribution in [3.63, 3.8) is 0 Å². The Hall–Kier alpha value is -1.35. The third-order valence-corrected chi connectivity index (χ3v) is 3.78. The van der Waals surface area contributed by atoms with Gasteiger partial charge in [0.2, 0.25) is 0 Å². The van der Waals surface area contributed by atoms with E-state index in [1.807, 2.05) is 12.1 Å². The Labute approximate surface area is 108 Å². The summed E-state index contributed by atoms with van der Waals surface area (Å²) in [6, 6.07) is 7.97. The number of carbonyl (C=O) groups is 1. The van der Waals surface area contributed by atoms with Gasteiger partial charge in [0.15, 0.2) is 0 Å². The van der Waals surface area contributed by atoms with Crippen LogP contribution < -0.4 is 0 Å². The largest absolute Gasteiger partial charge is 0.478 e.